The second-order valence-electron chi connectivity index (χ2n) is 19.1. The Morgan fingerprint density at radius 3 is 1.66 bits per heavy atom. The molecule has 3 rings (SSSR count). The number of nitrogens with one attached hydrogen (secondary N) is 8. The predicted molar refractivity (Wildman–Crippen MR) is 276 cm³/mol. The third kappa shape index (κ3) is 21.9. The van der Waals surface area contributed by atoms with Crippen LogP contribution >= 0.6 is 0 Å². The summed E-state index contributed by atoms with van der Waals surface area (Å²) in [5, 5.41) is 41.4. The van der Waals surface area contributed by atoms with Crippen molar-refractivity contribution in [1.29, 1.82) is 0 Å². The Hall–Kier alpha value is -7.14. The number of carboxylic acids is 2. The minimum absolute atomic E-state index is 0.00631. The van der Waals surface area contributed by atoms with Gasteiger partial charge in [0, 0.05) is 19.4 Å². The maximum absolute atomic E-state index is 14.5. The van der Waals surface area contributed by atoms with Gasteiger partial charge < -0.3 is 69.9 Å². The summed E-state index contributed by atoms with van der Waals surface area (Å²) in [5.74, 6) is -9.15. The standard InChI is InChI=1S/C51H78N12O11/c1-5-31(4)42(49(72)57-35(22-15-25-56-51(53)54)44(67)58-36(50(73)74)20-12-13-23-52)63-48(71)39(28-33-18-10-7-11-19-33)61-45(68)37(26-30(2)3)59-47(70)40(29-41(64)65)62-46(69)38(27-32-16-8-6-9-17-32)60-43(66)34-21-14-24-55-34/h6-11,16-19,30-31,34-40,42,55H,5,12-15,20-29,52H2,1-4H3,(H,57,72)(H,58,67)(H,59,70)(H,60,66)(H,61,68)(H,62,69)(H,63,71)(H,64,65)(H,73,74)(H4,53,54,56)/t31-,34-,35-,36-,37-,38-,39-,40-,42-/m0/s1. The summed E-state index contributed by atoms with van der Waals surface area (Å²) in [6.45, 7) is 8.08. The number of guanidine groups is 1. The number of nitrogens with two attached hydrogens (primary N) is 3. The van der Waals surface area contributed by atoms with Crippen molar-refractivity contribution in [3.05, 3.63) is 71.8 Å². The van der Waals surface area contributed by atoms with Crippen molar-refractivity contribution >= 4 is 59.2 Å². The first-order valence-electron chi connectivity index (χ1n) is 25.4. The molecule has 0 aromatic heterocycles. The molecule has 23 heteroatoms. The highest BCUT2D eigenvalue weighted by Crippen LogP contribution is 2.15. The molecule has 1 saturated heterocycles. The lowest BCUT2D eigenvalue weighted by Gasteiger charge is -2.30. The average Bonchev–Trinajstić information content (AvgIpc) is 3.91. The van der Waals surface area contributed by atoms with Crippen molar-refractivity contribution < 1.29 is 53.4 Å². The third-order valence-electron chi connectivity index (χ3n) is 12.5. The summed E-state index contributed by atoms with van der Waals surface area (Å²) < 4.78 is 0. The number of hydrogen-bond acceptors (Lipinski definition) is 12. The number of hydrogen-bond donors (Lipinski definition) is 13. The Kier molecular flexibility index (Phi) is 26.6. The second kappa shape index (κ2) is 32.1. The zero-order chi connectivity index (χ0) is 54.7. The monoisotopic (exact) mass is 1030 g/mol. The van der Waals surface area contributed by atoms with Crippen molar-refractivity contribution in [3.8, 4) is 0 Å². The SMILES string of the molecule is CC[C@H](C)[C@H](NC(=O)[C@H](Cc1ccccc1)NC(=O)[C@H](CC(C)C)NC(=O)[C@H](CC(=O)O)NC(=O)[C@H](Cc1ccccc1)NC(=O)[C@@H]1CCCN1)C(=O)N[C@@H](CCCN=C(N)N)C(=O)N[C@@H](CCCCN)C(=O)O. The van der Waals surface area contributed by atoms with Gasteiger partial charge >= 0.3 is 11.9 Å². The second-order valence-corrected chi connectivity index (χ2v) is 19.1. The zero-order valence-corrected chi connectivity index (χ0v) is 42.9. The molecule has 408 valence electrons. The normalized spacial score (nSPS) is 16.3. The minimum atomic E-state index is -1.70. The van der Waals surface area contributed by atoms with E-state index in [-0.39, 0.29) is 56.9 Å². The number of carbonyl (C=O) groups excluding carboxylic acids is 7. The summed E-state index contributed by atoms with van der Waals surface area (Å²) in [6, 6.07) is 7.44. The molecule has 23 nitrogen and oxygen atoms in total. The lowest BCUT2D eigenvalue weighted by atomic mass is 9.96. The number of nitrogens with zero attached hydrogens (tertiary/aromatic N) is 1. The number of aliphatic imine (C=N–C) groups is 1. The number of unbranched alkanes of at least 4 members (excludes halogenated alkanes) is 1. The first kappa shape index (κ1) is 61.2. The minimum Gasteiger partial charge on any atom is -0.481 e. The molecule has 0 saturated carbocycles. The van der Waals surface area contributed by atoms with Crippen LogP contribution in [-0.4, -0.2) is 137 Å². The Balaban J connectivity index is 1.91. The van der Waals surface area contributed by atoms with Gasteiger partial charge in [-0.05, 0) is 87.4 Å². The van der Waals surface area contributed by atoms with Crippen molar-refractivity contribution in [2.45, 2.75) is 153 Å². The molecule has 16 N–H and O–H groups in total. The molecule has 0 unspecified atom stereocenters. The van der Waals surface area contributed by atoms with Crippen LogP contribution < -0.4 is 59.7 Å². The van der Waals surface area contributed by atoms with E-state index in [1.807, 2.05) is 0 Å². The van der Waals surface area contributed by atoms with Gasteiger partial charge in [0.25, 0.3) is 0 Å². The fraction of sp³-hybridized carbons (Fsp3) is 0.569. The fourth-order valence-corrected chi connectivity index (χ4v) is 8.21. The Bertz CT molecular complexity index is 2190. The average molecular weight is 1040 g/mol. The molecule has 1 aliphatic heterocycles. The van der Waals surface area contributed by atoms with Gasteiger partial charge in [-0.1, -0.05) is 94.8 Å². The number of amides is 7. The van der Waals surface area contributed by atoms with Crippen LogP contribution in [0.3, 0.4) is 0 Å². The quantitative estimate of drug-likeness (QED) is 0.0242. The maximum Gasteiger partial charge on any atom is 0.326 e. The molecule has 7 amide bonds. The molecule has 2 aromatic rings. The molecular weight excluding hydrogens is 957 g/mol. The van der Waals surface area contributed by atoms with Crippen LogP contribution in [0.1, 0.15) is 103 Å². The number of carbonyl (C=O) groups is 9. The third-order valence-corrected chi connectivity index (χ3v) is 12.5. The van der Waals surface area contributed by atoms with Crippen LogP contribution in [0.4, 0.5) is 0 Å². The first-order chi connectivity index (χ1) is 35.2. The molecule has 1 heterocycles. The molecule has 1 fully saturated rings. The van der Waals surface area contributed by atoms with E-state index in [9.17, 15) is 53.4 Å². The summed E-state index contributed by atoms with van der Waals surface area (Å²) >= 11 is 0. The highest BCUT2D eigenvalue weighted by atomic mass is 16.4. The van der Waals surface area contributed by atoms with Gasteiger partial charge in [0.15, 0.2) is 5.96 Å². The maximum atomic E-state index is 14.5. The van der Waals surface area contributed by atoms with E-state index in [1.165, 1.54) is 0 Å². The lowest BCUT2D eigenvalue weighted by molar-refractivity contribution is -0.142. The van der Waals surface area contributed by atoms with Crippen LogP contribution in [-0.2, 0) is 56.0 Å². The van der Waals surface area contributed by atoms with Gasteiger partial charge in [-0.15, -0.1) is 0 Å². The van der Waals surface area contributed by atoms with Gasteiger partial charge in [0.2, 0.25) is 41.4 Å². The molecule has 2 aromatic carbocycles. The van der Waals surface area contributed by atoms with Gasteiger partial charge in [0.1, 0.15) is 42.3 Å². The van der Waals surface area contributed by atoms with E-state index in [4.69, 9.17) is 17.2 Å². The van der Waals surface area contributed by atoms with Crippen LogP contribution in [0.2, 0.25) is 0 Å². The van der Waals surface area contributed by atoms with Crippen LogP contribution in [0.15, 0.2) is 65.7 Å². The topological polar surface area (TPSA) is 381 Å². The van der Waals surface area contributed by atoms with E-state index >= 15 is 0 Å². The van der Waals surface area contributed by atoms with E-state index in [1.54, 1.807) is 88.4 Å². The van der Waals surface area contributed by atoms with Gasteiger partial charge in [-0.3, -0.25) is 43.3 Å². The summed E-state index contributed by atoms with van der Waals surface area (Å²) in [5.41, 5.74) is 17.8. The molecule has 0 aliphatic carbocycles. The molecule has 1 aliphatic rings. The number of aliphatic carboxylic acids is 2. The molecular formula is C51H78N12O11. The Morgan fingerprint density at radius 2 is 1.14 bits per heavy atom. The van der Waals surface area contributed by atoms with E-state index in [0.29, 0.717) is 49.9 Å². The van der Waals surface area contributed by atoms with E-state index in [2.05, 4.69) is 47.5 Å². The van der Waals surface area contributed by atoms with Gasteiger partial charge in [-0.25, -0.2) is 4.79 Å². The first-order valence-corrected chi connectivity index (χ1v) is 25.4. The smallest absolute Gasteiger partial charge is 0.326 e. The number of benzene rings is 2. The number of rotatable bonds is 33. The van der Waals surface area contributed by atoms with Crippen molar-refractivity contribution in [1.82, 2.24) is 42.5 Å². The summed E-state index contributed by atoms with van der Waals surface area (Å²) in [4.78, 5) is 126. The van der Waals surface area contributed by atoms with Gasteiger partial charge in [-0.2, -0.15) is 0 Å². The summed E-state index contributed by atoms with van der Waals surface area (Å²) in [7, 11) is 0. The highest BCUT2D eigenvalue weighted by Gasteiger charge is 2.37. The fourth-order valence-electron chi connectivity index (χ4n) is 8.21. The molecule has 74 heavy (non-hydrogen) atoms. The van der Waals surface area contributed by atoms with Gasteiger partial charge in [0.05, 0.1) is 12.5 Å². The van der Waals surface area contributed by atoms with Crippen molar-refractivity contribution in [2.24, 2.45) is 34.0 Å². The molecule has 0 radical (unpaired) electrons. The Labute approximate surface area is 432 Å². The molecule has 9 atom stereocenters. The molecule has 0 bridgehead atoms. The number of carboxylic acid groups (broad SMARTS) is 2. The van der Waals surface area contributed by atoms with E-state index < -0.39 is 114 Å². The van der Waals surface area contributed by atoms with Crippen LogP contribution in [0, 0.1) is 11.8 Å². The Morgan fingerprint density at radius 1 is 0.635 bits per heavy atom. The predicted octanol–water partition coefficient (Wildman–Crippen LogP) is -0.549. The summed E-state index contributed by atoms with van der Waals surface area (Å²) in [6.07, 6.45) is 1.96. The van der Waals surface area contributed by atoms with Crippen molar-refractivity contribution in [3.63, 3.8) is 0 Å². The zero-order valence-electron chi connectivity index (χ0n) is 42.9. The van der Waals surface area contributed by atoms with Crippen LogP contribution in [0.5, 0.6) is 0 Å². The van der Waals surface area contributed by atoms with Crippen molar-refractivity contribution in [2.75, 3.05) is 19.6 Å². The largest absolute Gasteiger partial charge is 0.481 e. The lowest BCUT2D eigenvalue weighted by Crippen LogP contribution is -2.61. The highest BCUT2D eigenvalue weighted by molar-refractivity contribution is 5.98. The van der Waals surface area contributed by atoms with Crippen LogP contribution in [0.25, 0.3) is 0 Å². The van der Waals surface area contributed by atoms with E-state index in [0.717, 1.165) is 6.42 Å². The molecule has 0 spiro atoms.